The Balaban J connectivity index is 1.31. The van der Waals surface area contributed by atoms with Gasteiger partial charge in [-0.25, -0.2) is 0 Å². The first-order chi connectivity index (χ1) is 15.1. The third-order valence-corrected chi connectivity index (χ3v) is 6.02. The Morgan fingerprint density at radius 2 is 1.81 bits per heavy atom. The van der Waals surface area contributed by atoms with Gasteiger partial charge < -0.3 is 15.1 Å². The van der Waals surface area contributed by atoms with E-state index in [0.717, 1.165) is 49.5 Å². The van der Waals surface area contributed by atoms with Crippen LogP contribution in [0.5, 0.6) is 0 Å². The van der Waals surface area contributed by atoms with Crippen molar-refractivity contribution in [3.05, 3.63) is 71.4 Å². The fourth-order valence-corrected chi connectivity index (χ4v) is 4.41. The number of benzene rings is 1. The first kappa shape index (κ1) is 19.4. The van der Waals surface area contributed by atoms with Crippen molar-refractivity contribution in [1.29, 1.82) is 0 Å². The number of aromatic nitrogens is 3. The number of carbonyl (C=O) groups excluding carboxylic acids is 1. The van der Waals surface area contributed by atoms with Gasteiger partial charge in [0.15, 0.2) is 0 Å². The molecule has 3 aromatic rings. The number of piperazine rings is 1. The highest BCUT2D eigenvalue weighted by atomic mass is 16.1. The summed E-state index contributed by atoms with van der Waals surface area (Å²) in [5.74, 6) is -0.172. The number of anilines is 1. The number of nitrogens with one attached hydrogen (secondary N) is 1. The van der Waals surface area contributed by atoms with Gasteiger partial charge >= 0.3 is 0 Å². The van der Waals surface area contributed by atoms with Gasteiger partial charge in [-0.2, -0.15) is 5.10 Å². The molecule has 0 radical (unpaired) electrons. The van der Waals surface area contributed by atoms with Crippen LogP contribution < -0.4 is 10.2 Å². The van der Waals surface area contributed by atoms with Crippen LogP contribution in [0, 0.1) is 6.92 Å². The lowest BCUT2D eigenvalue weighted by atomic mass is 10.0. The third kappa shape index (κ3) is 3.67. The minimum atomic E-state index is -0.172. The second kappa shape index (κ2) is 7.91. The van der Waals surface area contributed by atoms with Crippen LogP contribution in [0.4, 0.5) is 5.69 Å². The van der Waals surface area contributed by atoms with Crippen LogP contribution in [0.25, 0.3) is 17.2 Å². The number of hydrogen-bond donors (Lipinski definition) is 1. The summed E-state index contributed by atoms with van der Waals surface area (Å²) in [4.78, 5) is 21.0. The molecule has 1 N–H and O–H groups in total. The SMILES string of the molecule is CNC(=O)c1ccc(-c2ccccc2N2CCN(C3=Cc4cc(C)nn4C3)CC2)cn1. The number of rotatable bonds is 4. The zero-order chi connectivity index (χ0) is 21.4. The van der Waals surface area contributed by atoms with Gasteiger partial charge in [-0.15, -0.1) is 0 Å². The standard InChI is InChI=1S/C24H26N6O/c1-17-13-19-14-20(16-30(19)27-17)28-9-11-29(12-10-28)23-6-4-3-5-21(23)18-7-8-22(26-15-18)24(31)25-2/h3-8,13-15H,9-12,16H2,1-2H3,(H,25,31). The normalized spacial score (nSPS) is 15.6. The summed E-state index contributed by atoms with van der Waals surface area (Å²) in [6, 6.07) is 14.3. The molecule has 2 aliphatic heterocycles. The smallest absolute Gasteiger partial charge is 0.269 e. The molecule has 1 aromatic carbocycles. The zero-order valence-corrected chi connectivity index (χ0v) is 17.9. The first-order valence-electron chi connectivity index (χ1n) is 10.6. The van der Waals surface area contributed by atoms with Gasteiger partial charge in [-0.05, 0) is 31.2 Å². The van der Waals surface area contributed by atoms with Gasteiger partial charge in [0.25, 0.3) is 5.91 Å². The molecule has 1 saturated heterocycles. The number of amides is 1. The topological polar surface area (TPSA) is 66.3 Å². The van der Waals surface area contributed by atoms with E-state index in [0.29, 0.717) is 5.69 Å². The number of allylic oxidation sites excluding steroid dienone is 1. The number of fused-ring (bicyclic) bond motifs is 1. The minimum Gasteiger partial charge on any atom is -0.370 e. The van der Waals surface area contributed by atoms with Gasteiger partial charge in [0, 0.05) is 61.9 Å². The summed E-state index contributed by atoms with van der Waals surface area (Å²) in [5, 5.41) is 7.18. The summed E-state index contributed by atoms with van der Waals surface area (Å²) in [7, 11) is 1.61. The van der Waals surface area contributed by atoms with Crippen molar-refractivity contribution in [2.75, 3.05) is 38.1 Å². The van der Waals surface area contributed by atoms with Gasteiger partial charge in [0.05, 0.1) is 17.9 Å². The summed E-state index contributed by atoms with van der Waals surface area (Å²) in [5.41, 5.74) is 7.42. The van der Waals surface area contributed by atoms with E-state index in [1.807, 2.05) is 13.0 Å². The van der Waals surface area contributed by atoms with Gasteiger partial charge in [0.1, 0.15) is 5.69 Å². The molecular weight excluding hydrogens is 388 g/mol. The Morgan fingerprint density at radius 3 is 2.52 bits per heavy atom. The molecule has 31 heavy (non-hydrogen) atoms. The molecule has 1 amide bonds. The summed E-state index contributed by atoms with van der Waals surface area (Å²) < 4.78 is 2.09. The molecule has 0 unspecified atom stereocenters. The predicted molar refractivity (Wildman–Crippen MR) is 122 cm³/mol. The molecule has 0 bridgehead atoms. The highest BCUT2D eigenvalue weighted by Crippen LogP contribution is 2.32. The van der Waals surface area contributed by atoms with Gasteiger partial charge in [0.2, 0.25) is 0 Å². The van der Waals surface area contributed by atoms with Crippen molar-refractivity contribution in [2.24, 2.45) is 0 Å². The molecule has 0 aliphatic carbocycles. The summed E-state index contributed by atoms with van der Waals surface area (Å²) >= 11 is 0. The molecule has 7 heteroatoms. The fourth-order valence-electron chi connectivity index (χ4n) is 4.41. The van der Waals surface area contributed by atoms with Crippen molar-refractivity contribution < 1.29 is 4.79 Å². The summed E-state index contributed by atoms with van der Waals surface area (Å²) in [6.07, 6.45) is 4.05. The Labute approximate surface area is 182 Å². The lowest BCUT2D eigenvalue weighted by Gasteiger charge is -2.38. The maximum absolute atomic E-state index is 11.8. The molecule has 2 aliphatic rings. The highest BCUT2D eigenvalue weighted by molar-refractivity contribution is 5.92. The average Bonchev–Trinajstić information content (AvgIpc) is 3.36. The molecule has 2 aromatic heterocycles. The quantitative estimate of drug-likeness (QED) is 0.711. The fraction of sp³-hybridized carbons (Fsp3) is 0.292. The second-order valence-corrected chi connectivity index (χ2v) is 8.01. The Kier molecular flexibility index (Phi) is 4.94. The van der Waals surface area contributed by atoms with Crippen molar-refractivity contribution >= 4 is 17.7 Å². The van der Waals surface area contributed by atoms with E-state index in [1.165, 1.54) is 17.1 Å². The van der Waals surface area contributed by atoms with E-state index in [9.17, 15) is 4.79 Å². The molecule has 7 nitrogen and oxygen atoms in total. The molecule has 158 valence electrons. The van der Waals surface area contributed by atoms with Crippen molar-refractivity contribution in [3.8, 4) is 11.1 Å². The number of aryl methyl sites for hydroxylation is 1. The van der Waals surface area contributed by atoms with Crippen LogP contribution in [-0.2, 0) is 6.54 Å². The number of pyridine rings is 1. The Hall–Kier alpha value is -3.61. The number of carbonyl (C=O) groups is 1. The number of para-hydroxylation sites is 1. The van der Waals surface area contributed by atoms with E-state index < -0.39 is 0 Å². The van der Waals surface area contributed by atoms with E-state index in [2.05, 4.69) is 66.3 Å². The van der Waals surface area contributed by atoms with E-state index in [1.54, 1.807) is 19.3 Å². The van der Waals surface area contributed by atoms with E-state index >= 15 is 0 Å². The Morgan fingerprint density at radius 1 is 1.03 bits per heavy atom. The lowest BCUT2D eigenvalue weighted by molar-refractivity contribution is 0.0958. The molecule has 0 saturated carbocycles. The minimum absolute atomic E-state index is 0.172. The largest absolute Gasteiger partial charge is 0.370 e. The third-order valence-electron chi connectivity index (χ3n) is 6.02. The van der Waals surface area contributed by atoms with Crippen LogP contribution >= 0.6 is 0 Å². The number of nitrogens with zero attached hydrogens (tertiary/aromatic N) is 5. The van der Waals surface area contributed by atoms with Crippen molar-refractivity contribution in [2.45, 2.75) is 13.5 Å². The molecule has 4 heterocycles. The van der Waals surface area contributed by atoms with Crippen LogP contribution in [0.3, 0.4) is 0 Å². The maximum Gasteiger partial charge on any atom is 0.269 e. The molecule has 5 rings (SSSR count). The average molecular weight is 415 g/mol. The molecular formula is C24H26N6O. The Bertz CT molecular complexity index is 1140. The van der Waals surface area contributed by atoms with Crippen molar-refractivity contribution in [1.82, 2.24) is 25.0 Å². The van der Waals surface area contributed by atoms with Gasteiger partial charge in [-0.3, -0.25) is 14.5 Å². The molecule has 0 atom stereocenters. The predicted octanol–water partition coefficient (Wildman–Crippen LogP) is 2.79. The highest BCUT2D eigenvalue weighted by Gasteiger charge is 2.24. The van der Waals surface area contributed by atoms with Crippen LogP contribution in [0.2, 0.25) is 0 Å². The number of hydrogen-bond acceptors (Lipinski definition) is 5. The summed E-state index contributed by atoms with van der Waals surface area (Å²) in [6.45, 7) is 6.79. The van der Waals surface area contributed by atoms with Crippen LogP contribution in [0.15, 0.2) is 54.4 Å². The second-order valence-electron chi connectivity index (χ2n) is 8.01. The van der Waals surface area contributed by atoms with E-state index in [4.69, 9.17) is 0 Å². The first-order valence-corrected chi connectivity index (χ1v) is 10.6. The van der Waals surface area contributed by atoms with E-state index in [-0.39, 0.29) is 5.91 Å². The van der Waals surface area contributed by atoms with Crippen molar-refractivity contribution in [3.63, 3.8) is 0 Å². The van der Waals surface area contributed by atoms with Crippen LogP contribution in [-0.4, -0.2) is 58.8 Å². The zero-order valence-electron chi connectivity index (χ0n) is 17.9. The molecule has 1 fully saturated rings. The lowest BCUT2D eigenvalue weighted by Crippen LogP contribution is -2.46. The maximum atomic E-state index is 11.8. The van der Waals surface area contributed by atoms with Gasteiger partial charge in [-0.1, -0.05) is 24.3 Å². The molecule has 0 spiro atoms. The van der Waals surface area contributed by atoms with Crippen LogP contribution in [0.1, 0.15) is 21.9 Å². The monoisotopic (exact) mass is 414 g/mol.